The summed E-state index contributed by atoms with van der Waals surface area (Å²) in [5.41, 5.74) is 2.41. The number of aromatic amines is 1. The molecule has 5 heteroatoms. The van der Waals surface area contributed by atoms with Crippen molar-refractivity contribution >= 4 is 28.5 Å². The van der Waals surface area contributed by atoms with E-state index >= 15 is 0 Å². The van der Waals surface area contributed by atoms with Crippen LogP contribution in [-0.4, -0.2) is 17.6 Å². The summed E-state index contributed by atoms with van der Waals surface area (Å²) in [6.45, 7) is 3.94. The summed E-state index contributed by atoms with van der Waals surface area (Å²) in [4.78, 5) is 27.9. The number of carbonyl (C=O) groups is 1. The maximum atomic E-state index is 12.6. The van der Waals surface area contributed by atoms with Crippen LogP contribution in [0.2, 0.25) is 5.02 Å². The minimum absolute atomic E-state index is 0.0179. The molecule has 0 fully saturated rings. The molecule has 1 aromatic heterocycles. The summed E-state index contributed by atoms with van der Waals surface area (Å²) < 4.78 is 5.11. The van der Waals surface area contributed by atoms with Gasteiger partial charge in [-0.1, -0.05) is 42.8 Å². The van der Waals surface area contributed by atoms with E-state index in [2.05, 4.69) is 4.98 Å². The molecule has 25 heavy (non-hydrogen) atoms. The van der Waals surface area contributed by atoms with Crippen LogP contribution in [0.5, 0.6) is 0 Å². The van der Waals surface area contributed by atoms with Gasteiger partial charge in [0.05, 0.1) is 6.61 Å². The number of H-pyrrole nitrogens is 1. The molecule has 0 spiro atoms. The Balaban J connectivity index is 2.47. The molecule has 2 aromatic carbocycles. The molecule has 0 atom stereocenters. The molecular weight excluding hydrogens is 338 g/mol. The van der Waals surface area contributed by atoms with Crippen molar-refractivity contribution < 1.29 is 9.53 Å². The van der Waals surface area contributed by atoms with Crippen LogP contribution in [0, 0.1) is 0 Å². The topological polar surface area (TPSA) is 59.2 Å². The molecule has 0 radical (unpaired) electrons. The SMILES string of the molecule is CCOC(=O)c1c(-c2ccccc2Cl)c2cc(CC)ccc2[nH]c1=O. The van der Waals surface area contributed by atoms with Crippen molar-refractivity contribution in [2.45, 2.75) is 20.3 Å². The lowest BCUT2D eigenvalue weighted by Gasteiger charge is -2.14. The smallest absolute Gasteiger partial charge is 0.344 e. The summed E-state index contributed by atoms with van der Waals surface area (Å²) in [6.07, 6.45) is 0.839. The van der Waals surface area contributed by atoms with Gasteiger partial charge >= 0.3 is 5.97 Å². The standard InChI is InChI=1S/C20H18ClNO3/c1-3-12-9-10-16-14(11-12)17(13-7-5-6-8-15(13)21)18(19(23)22-16)20(24)25-4-2/h5-11H,3-4H2,1-2H3,(H,22,23). The third kappa shape index (κ3) is 3.17. The van der Waals surface area contributed by atoms with Crippen LogP contribution in [0.15, 0.2) is 47.3 Å². The molecule has 1 N–H and O–H groups in total. The van der Waals surface area contributed by atoms with Crippen LogP contribution in [0.1, 0.15) is 29.8 Å². The zero-order chi connectivity index (χ0) is 18.0. The largest absolute Gasteiger partial charge is 0.462 e. The van der Waals surface area contributed by atoms with Crippen LogP contribution >= 0.6 is 11.6 Å². The van der Waals surface area contributed by atoms with Gasteiger partial charge in [0, 0.05) is 27.1 Å². The van der Waals surface area contributed by atoms with E-state index in [1.165, 1.54) is 0 Å². The van der Waals surface area contributed by atoms with E-state index in [1.807, 2.05) is 37.3 Å². The highest BCUT2D eigenvalue weighted by Gasteiger charge is 2.23. The van der Waals surface area contributed by atoms with E-state index in [-0.39, 0.29) is 12.2 Å². The Labute approximate surface area is 150 Å². The molecule has 0 aliphatic carbocycles. The fourth-order valence-electron chi connectivity index (χ4n) is 2.90. The fourth-order valence-corrected chi connectivity index (χ4v) is 3.13. The van der Waals surface area contributed by atoms with Crippen molar-refractivity contribution in [2.75, 3.05) is 6.61 Å². The molecular formula is C20H18ClNO3. The predicted molar refractivity (Wildman–Crippen MR) is 100 cm³/mol. The first-order valence-electron chi connectivity index (χ1n) is 8.17. The number of carbonyl (C=O) groups excluding carboxylic acids is 1. The molecule has 0 bridgehead atoms. The van der Waals surface area contributed by atoms with Crippen LogP contribution in [0.25, 0.3) is 22.0 Å². The zero-order valence-corrected chi connectivity index (χ0v) is 14.8. The normalized spacial score (nSPS) is 10.8. The van der Waals surface area contributed by atoms with Crippen molar-refractivity contribution in [3.63, 3.8) is 0 Å². The fraction of sp³-hybridized carbons (Fsp3) is 0.200. The van der Waals surface area contributed by atoms with Crippen molar-refractivity contribution in [3.05, 3.63) is 69.0 Å². The number of hydrogen-bond donors (Lipinski definition) is 1. The van der Waals surface area contributed by atoms with E-state index in [0.29, 0.717) is 21.7 Å². The summed E-state index contributed by atoms with van der Waals surface area (Å²) in [5, 5.41) is 1.25. The predicted octanol–water partition coefficient (Wildman–Crippen LogP) is 4.59. The van der Waals surface area contributed by atoms with Gasteiger partial charge in [-0.15, -0.1) is 0 Å². The van der Waals surface area contributed by atoms with E-state index < -0.39 is 11.5 Å². The van der Waals surface area contributed by atoms with Gasteiger partial charge in [0.2, 0.25) is 0 Å². The monoisotopic (exact) mass is 355 g/mol. The Kier molecular flexibility index (Phi) is 4.91. The summed E-state index contributed by atoms with van der Waals surface area (Å²) in [7, 11) is 0. The van der Waals surface area contributed by atoms with Gasteiger partial charge < -0.3 is 9.72 Å². The third-order valence-electron chi connectivity index (χ3n) is 4.11. The molecule has 0 saturated carbocycles. The molecule has 0 unspecified atom stereocenters. The lowest BCUT2D eigenvalue weighted by atomic mass is 9.94. The number of aryl methyl sites for hydroxylation is 1. The van der Waals surface area contributed by atoms with E-state index in [1.54, 1.807) is 19.1 Å². The molecule has 0 aliphatic heterocycles. The van der Waals surface area contributed by atoms with Crippen molar-refractivity contribution in [3.8, 4) is 11.1 Å². The lowest BCUT2D eigenvalue weighted by Crippen LogP contribution is -2.21. The van der Waals surface area contributed by atoms with Crippen molar-refractivity contribution in [1.29, 1.82) is 0 Å². The molecule has 128 valence electrons. The van der Waals surface area contributed by atoms with Crippen molar-refractivity contribution in [2.24, 2.45) is 0 Å². The average Bonchev–Trinajstić information content (AvgIpc) is 2.61. The second kappa shape index (κ2) is 7.11. The van der Waals surface area contributed by atoms with Crippen molar-refractivity contribution in [1.82, 2.24) is 4.98 Å². The second-order valence-corrected chi connectivity index (χ2v) is 6.05. The first-order valence-corrected chi connectivity index (χ1v) is 8.55. The first-order chi connectivity index (χ1) is 12.1. The Morgan fingerprint density at radius 2 is 1.92 bits per heavy atom. The van der Waals surface area contributed by atoms with Gasteiger partial charge in [0.15, 0.2) is 0 Å². The molecule has 3 rings (SSSR count). The molecule has 3 aromatic rings. The number of hydrogen-bond acceptors (Lipinski definition) is 3. The third-order valence-corrected chi connectivity index (χ3v) is 4.44. The maximum absolute atomic E-state index is 12.6. The van der Waals surface area contributed by atoms with Gasteiger partial charge in [-0.3, -0.25) is 4.79 Å². The number of rotatable bonds is 4. The number of esters is 1. The zero-order valence-electron chi connectivity index (χ0n) is 14.1. The van der Waals surface area contributed by atoms with Crippen LogP contribution < -0.4 is 5.56 Å². The second-order valence-electron chi connectivity index (χ2n) is 5.64. The number of ether oxygens (including phenoxy) is 1. The molecule has 4 nitrogen and oxygen atoms in total. The highest BCUT2D eigenvalue weighted by molar-refractivity contribution is 6.34. The first kappa shape index (κ1) is 17.2. The number of pyridine rings is 1. The van der Waals surface area contributed by atoms with Gasteiger partial charge in [-0.25, -0.2) is 4.79 Å². The van der Waals surface area contributed by atoms with Gasteiger partial charge in [-0.2, -0.15) is 0 Å². The van der Waals surface area contributed by atoms with E-state index in [9.17, 15) is 9.59 Å². The quantitative estimate of drug-likeness (QED) is 0.696. The van der Waals surface area contributed by atoms with E-state index in [0.717, 1.165) is 17.4 Å². The Morgan fingerprint density at radius 1 is 1.16 bits per heavy atom. The van der Waals surface area contributed by atoms with E-state index in [4.69, 9.17) is 16.3 Å². The Bertz CT molecular complexity index is 1010. The number of nitrogens with one attached hydrogen (secondary N) is 1. The van der Waals surface area contributed by atoms with Gasteiger partial charge in [0.25, 0.3) is 5.56 Å². The van der Waals surface area contributed by atoms with Crippen LogP contribution in [0.4, 0.5) is 0 Å². The summed E-state index contributed by atoms with van der Waals surface area (Å²) in [5.74, 6) is -0.650. The lowest BCUT2D eigenvalue weighted by molar-refractivity contribution is 0.0525. The number of benzene rings is 2. The minimum atomic E-state index is -0.650. The average molecular weight is 356 g/mol. The maximum Gasteiger partial charge on any atom is 0.344 e. The number of aromatic nitrogens is 1. The Morgan fingerprint density at radius 3 is 2.60 bits per heavy atom. The highest BCUT2D eigenvalue weighted by Crippen LogP contribution is 2.35. The minimum Gasteiger partial charge on any atom is -0.462 e. The highest BCUT2D eigenvalue weighted by atomic mass is 35.5. The summed E-state index contributed by atoms with van der Waals surface area (Å²) in [6, 6.07) is 13.0. The summed E-state index contributed by atoms with van der Waals surface area (Å²) >= 11 is 6.37. The molecule has 0 aliphatic rings. The Hall–Kier alpha value is -2.59. The van der Waals surface area contributed by atoms with Crippen LogP contribution in [0.3, 0.4) is 0 Å². The molecule has 1 heterocycles. The molecule has 0 amide bonds. The number of fused-ring (bicyclic) bond motifs is 1. The molecule has 0 saturated heterocycles. The van der Waals surface area contributed by atoms with Gasteiger partial charge in [-0.05, 0) is 37.1 Å². The number of halogens is 1. The van der Waals surface area contributed by atoms with Crippen LogP contribution in [-0.2, 0) is 11.2 Å². The van der Waals surface area contributed by atoms with Gasteiger partial charge in [0.1, 0.15) is 5.56 Å².